The summed E-state index contributed by atoms with van der Waals surface area (Å²) in [6, 6.07) is 0.620. The highest BCUT2D eigenvalue weighted by atomic mass is 32.2. The average Bonchev–Trinajstić information content (AvgIpc) is 1.93. The maximum atomic E-state index is 11.3. The van der Waals surface area contributed by atoms with Crippen LogP contribution in [0.25, 0.3) is 0 Å². The van der Waals surface area contributed by atoms with Gasteiger partial charge in [0.2, 0.25) is 0 Å². The van der Waals surface area contributed by atoms with E-state index in [0.717, 1.165) is 25.4 Å². The second-order valence-electron chi connectivity index (χ2n) is 3.44. The van der Waals surface area contributed by atoms with Crippen molar-refractivity contribution in [3.05, 3.63) is 0 Å². The van der Waals surface area contributed by atoms with Gasteiger partial charge in [-0.3, -0.25) is 4.21 Å². The molecule has 12 heavy (non-hydrogen) atoms. The van der Waals surface area contributed by atoms with E-state index in [9.17, 15) is 4.21 Å². The lowest BCUT2D eigenvalue weighted by Crippen LogP contribution is -2.56. The van der Waals surface area contributed by atoms with Crippen molar-refractivity contribution in [1.82, 2.24) is 10.6 Å². The van der Waals surface area contributed by atoms with Crippen molar-refractivity contribution >= 4 is 10.8 Å². The molecule has 0 spiro atoms. The van der Waals surface area contributed by atoms with Crippen LogP contribution in [-0.4, -0.2) is 40.9 Å². The number of hydrogen-bond donors (Lipinski definition) is 2. The van der Waals surface area contributed by atoms with Crippen molar-refractivity contribution in [2.75, 3.05) is 25.4 Å². The normalized spacial score (nSPS) is 20.9. The van der Waals surface area contributed by atoms with Gasteiger partial charge < -0.3 is 10.6 Å². The van der Waals surface area contributed by atoms with Crippen molar-refractivity contribution in [3.8, 4) is 0 Å². The van der Waals surface area contributed by atoms with Crippen molar-refractivity contribution in [2.24, 2.45) is 0 Å². The lowest BCUT2D eigenvalue weighted by molar-refractivity contribution is 0.374. The Morgan fingerprint density at radius 3 is 2.67 bits per heavy atom. The van der Waals surface area contributed by atoms with Gasteiger partial charge in [-0.05, 0) is 0 Å². The highest BCUT2D eigenvalue weighted by molar-refractivity contribution is 7.85. The molecule has 1 saturated heterocycles. The summed E-state index contributed by atoms with van der Waals surface area (Å²) >= 11 is 0. The standard InChI is InChI=1S/C8H18N2OS/c1-7(2)12(11)4-3-10-8-5-9-6-8/h7-10H,3-6H2,1-2H3. The third-order valence-electron chi connectivity index (χ3n) is 2.04. The predicted molar refractivity (Wildman–Crippen MR) is 52.8 cm³/mol. The van der Waals surface area contributed by atoms with E-state index in [1.807, 2.05) is 13.8 Å². The molecule has 1 rings (SSSR count). The number of rotatable bonds is 5. The molecular weight excluding hydrogens is 172 g/mol. The molecule has 1 aliphatic rings. The molecule has 0 aromatic carbocycles. The monoisotopic (exact) mass is 190 g/mol. The minimum absolute atomic E-state index is 0.298. The summed E-state index contributed by atoms with van der Waals surface area (Å²) in [4.78, 5) is 0. The number of hydrogen-bond acceptors (Lipinski definition) is 3. The van der Waals surface area contributed by atoms with E-state index in [1.165, 1.54) is 0 Å². The molecule has 0 amide bonds. The van der Waals surface area contributed by atoms with Crippen molar-refractivity contribution in [3.63, 3.8) is 0 Å². The Bertz CT molecular complexity index is 157. The third kappa shape index (κ3) is 3.21. The van der Waals surface area contributed by atoms with Gasteiger partial charge in [0, 0.05) is 47.5 Å². The van der Waals surface area contributed by atoms with E-state index in [1.54, 1.807) is 0 Å². The molecule has 2 N–H and O–H groups in total. The minimum Gasteiger partial charge on any atom is -0.314 e. The van der Waals surface area contributed by atoms with Crippen molar-refractivity contribution < 1.29 is 4.21 Å². The summed E-state index contributed by atoms with van der Waals surface area (Å²) in [7, 11) is -0.649. The zero-order valence-electron chi connectivity index (χ0n) is 7.80. The Kier molecular flexibility index (Phi) is 4.18. The van der Waals surface area contributed by atoms with Gasteiger partial charge >= 0.3 is 0 Å². The molecule has 0 radical (unpaired) electrons. The second kappa shape index (κ2) is 4.94. The quantitative estimate of drug-likeness (QED) is 0.626. The van der Waals surface area contributed by atoms with Crippen molar-refractivity contribution in [2.45, 2.75) is 25.1 Å². The molecule has 1 atom stereocenters. The molecule has 0 aliphatic carbocycles. The molecule has 1 aliphatic heterocycles. The van der Waals surface area contributed by atoms with Crippen LogP contribution in [0, 0.1) is 0 Å². The fourth-order valence-electron chi connectivity index (χ4n) is 1.03. The first-order valence-corrected chi connectivity index (χ1v) is 5.89. The highest BCUT2D eigenvalue weighted by Gasteiger charge is 2.15. The molecule has 1 unspecified atom stereocenters. The van der Waals surface area contributed by atoms with Crippen molar-refractivity contribution in [1.29, 1.82) is 0 Å². The van der Waals surface area contributed by atoms with E-state index in [2.05, 4.69) is 10.6 Å². The SMILES string of the molecule is CC(C)S(=O)CCNC1CNC1. The predicted octanol–water partition coefficient (Wildman–Crippen LogP) is -0.295. The Balaban J connectivity index is 1.97. The largest absolute Gasteiger partial charge is 0.314 e. The number of nitrogens with one attached hydrogen (secondary N) is 2. The Hall–Kier alpha value is 0.0700. The molecule has 1 heterocycles. The summed E-state index contributed by atoms with van der Waals surface area (Å²) in [5.41, 5.74) is 0. The fraction of sp³-hybridized carbons (Fsp3) is 1.00. The van der Waals surface area contributed by atoms with Crippen LogP contribution in [0.5, 0.6) is 0 Å². The van der Waals surface area contributed by atoms with E-state index in [4.69, 9.17) is 0 Å². The van der Waals surface area contributed by atoms with Gasteiger partial charge in [-0.2, -0.15) is 0 Å². The zero-order valence-corrected chi connectivity index (χ0v) is 8.62. The molecule has 0 bridgehead atoms. The van der Waals surface area contributed by atoms with E-state index >= 15 is 0 Å². The lowest BCUT2D eigenvalue weighted by atomic mass is 10.2. The molecule has 0 saturated carbocycles. The van der Waals surface area contributed by atoms with E-state index in [0.29, 0.717) is 11.3 Å². The summed E-state index contributed by atoms with van der Waals surface area (Å²) in [5, 5.41) is 6.83. The van der Waals surface area contributed by atoms with Gasteiger partial charge in [0.15, 0.2) is 0 Å². The van der Waals surface area contributed by atoms with E-state index in [-0.39, 0.29) is 0 Å². The van der Waals surface area contributed by atoms with Crippen LogP contribution in [0.2, 0.25) is 0 Å². The molecule has 3 nitrogen and oxygen atoms in total. The first-order valence-electron chi connectivity index (χ1n) is 4.51. The van der Waals surface area contributed by atoms with Crippen LogP contribution >= 0.6 is 0 Å². The maximum absolute atomic E-state index is 11.3. The molecule has 0 aromatic rings. The van der Waals surface area contributed by atoms with Gasteiger partial charge in [-0.15, -0.1) is 0 Å². The topological polar surface area (TPSA) is 41.1 Å². The zero-order chi connectivity index (χ0) is 8.97. The highest BCUT2D eigenvalue weighted by Crippen LogP contribution is 1.94. The van der Waals surface area contributed by atoms with Crippen LogP contribution in [0.4, 0.5) is 0 Å². The first-order chi connectivity index (χ1) is 5.70. The second-order valence-corrected chi connectivity index (χ2v) is 5.56. The van der Waals surface area contributed by atoms with Gasteiger partial charge in [0.25, 0.3) is 0 Å². The summed E-state index contributed by atoms with van der Waals surface area (Å²) < 4.78 is 11.3. The Morgan fingerprint density at radius 2 is 2.25 bits per heavy atom. The van der Waals surface area contributed by atoms with Gasteiger partial charge in [-0.1, -0.05) is 13.8 Å². The maximum Gasteiger partial charge on any atom is 0.0362 e. The third-order valence-corrected chi connectivity index (χ3v) is 3.70. The fourth-order valence-corrected chi connectivity index (χ4v) is 1.82. The van der Waals surface area contributed by atoms with Crippen LogP contribution in [0.15, 0.2) is 0 Å². The van der Waals surface area contributed by atoms with Crippen LogP contribution < -0.4 is 10.6 Å². The van der Waals surface area contributed by atoms with E-state index < -0.39 is 10.8 Å². The van der Waals surface area contributed by atoms with Crippen LogP contribution in [0.1, 0.15) is 13.8 Å². The Labute approximate surface area is 76.8 Å². The minimum atomic E-state index is -0.649. The summed E-state index contributed by atoms with van der Waals surface area (Å²) in [6.07, 6.45) is 0. The average molecular weight is 190 g/mol. The molecule has 0 aromatic heterocycles. The lowest BCUT2D eigenvalue weighted by Gasteiger charge is -2.28. The van der Waals surface area contributed by atoms with Gasteiger partial charge in [0.05, 0.1) is 0 Å². The Morgan fingerprint density at radius 1 is 1.58 bits per heavy atom. The summed E-state index contributed by atoms with van der Waals surface area (Å²) in [5.74, 6) is 0.786. The van der Waals surface area contributed by atoms with Crippen LogP contribution in [-0.2, 0) is 10.8 Å². The van der Waals surface area contributed by atoms with Gasteiger partial charge in [-0.25, -0.2) is 0 Å². The molecular formula is C8H18N2OS. The smallest absolute Gasteiger partial charge is 0.0362 e. The van der Waals surface area contributed by atoms with Crippen LogP contribution in [0.3, 0.4) is 0 Å². The first kappa shape index (κ1) is 10.2. The molecule has 72 valence electrons. The molecule has 4 heteroatoms. The summed E-state index contributed by atoms with van der Waals surface area (Å²) in [6.45, 7) is 7.02. The molecule has 1 fully saturated rings. The van der Waals surface area contributed by atoms with Gasteiger partial charge in [0.1, 0.15) is 0 Å².